The first-order valence-electron chi connectivity index (χ1n) is 13.7. The van der Waals surface area contributed by atoms with Gasteiger partial charge in [0.25, 0.3) is 22.0 Å². The van der Waals surface area contributed by atoms with Gasteiger partial charge in [-0.2, -0.15) is 0 Å². The molecule has 0 spiro atoms. The number of thiol groups is 2. The molecule has 0 aromatic carbocycles. The Bertz CT molecular complexity index is 953. The molecule has 0 aromatic heterocycles. The van der Waals surface area contributed by atoms with Crippen LogP contribution in [0.25, 0.3) is 0 Å². The molecule has 6 nitrogen and oxygen atoms in total. The Morgan fingerprint density at radius 2 is 1.77 bits per heavy atom. The van der Waals surface area contributed by atoms with E-state index in [1.54, 1.807) is 0 Å². The monoisotopic (exact) mass is 530 g/mol. The number of rotatable bonds is 9. The van der Waals surface area contributed by atoms with E-state index in [1.807, 2.05) is 13.8 Å². The lowest BCUT2D eigenvalue weighted by Crippen LogP contribution is -2.51. The molecule has 4 aliphatic rings. The highest BCUT2D eigenvalue weighted by Gasteiger charge is 2.59. The van der Waals surface area contributed by atoms with Gasteiger partial charge in [-0.05, 0) is 112 Å². The second kappa shape index (κ2) is 10.4. The molecule has 0 amide bonds. The fourth-order valence-electron chi connectivity index (χ4n) is 9.11. The SMILES string of the molecule is C[C@@H](CCCC(C)(C)O[SH](=O)=O)[C@H]1CC[C@H]2[C@@H]3CC=C4C[C@@H](O[SH](=O)=O)CC[C@]4(C)[C@H]3CC[C@]12C. The van der Waals surface area contributed by atoms with Crippen molar-refractivity contribution in [1.29, 1.82) is 0 Å². The maximum absolute atomic E-state index is 11.1. The largest absolute Gasteiger partial charge is 0.269 e. The Morgan fingerprint density at radius 3 is 2.46 bits per heavy atom. The Morgan fingerprint density at radius 1 is 1.03 bits per heavy atom. The van der Waals surface area contributed by atoms with E-state index in [1.165, 1.54) is 31.3 Å². The molecule has 0 heterocycles. The van der Waals surface area contributed by atoms with Crippen LogP contribution in [0.4, 0.5) is 0 Å². The summed E-state index contributed by atoms with van der Waals surface area (Å²) >= 11 is 0. The second-order valence-electron chi connectivity index (χ2n) is 13.1. The fraction of sp³-hybridized carbons (Fsp3) is 0.926. The first-order valence-corrected chi connectivity index (χ1v) is 15.9. The zero-order chi connectivity index (χ0) is 25.6. The highest BCUT2D eigenvalue weighted by Crippen LogP contribution is 2.67. The summed E-state index contributed by atoms with van der Waals surface area (Å²) in [7, 11) is -5.59. The normalized spacial score (nSPS) is 40.2. The minimum Gasteiger partial charge on any atom is -0.269 e. The third-order valence-electron chi connectivity index (χ3n) is 10.8. The van der Waals surface area contributed by atoms with Crippen LogP contribution in [0, 0.1) is 40.4 Å². The number of hydrogen-bond acceptors (Lipinski definition) is 6. The van der Waals surface area contributed by atoms with Crippen LogP contribution in [0.3, 0.4) is 0 Å². The summed E-state index contributed by atoms with van der Waals surface area (Å²) in [6.07, 6.45) is 14.1. The minimum atomic E-state index is -2.81. The number of fused-ring (bicyclic) bond motifs is 5. The van der Waals surface area contributed by atoms with Gasteiger partial charge in [-0.1, -0.05) is 45.3 Å². The van der Waals surface area contributed by atoms with Crippen LogP contribution in [-0.4, -0.2) is 28.5 Å². The second-order valence-corrected chi connectivity index (χ2v) is 14.4. The number of hydrogen-bond donors (Lipinski definition) is 2. The molecule has 0 bridgehead atoms. The zero-order valence-electron chi connectivity index (χ0n) is 22.2. The minimum absolute atomic E-state index is 0.179. The van der Waals surface area contributed by atoms with Crippen LogP contribution in [0.5, 0.6) is 0 Å². The van der Waals surface area contributed by atoms with E-state index in [0.717, 1.165) is 62.7 Å². The molecule has 0 N–H and O–H groups in total. The van der Waals surface area contributed by atoms with Gasteiger partial charge in [-0.25, -0.2) is 16.8 Å². The van der Waals surface area contributed by atoms with E-state index in [-0.39, 0.29) is 11.5 Å². The Labute approximate surface area is 215 Å². The lowest BCUT2D eigenvalue weighted by molar-refractivity contribution is -0.0556. The molecular weight excluding hydrogens is 484 g/mol. The summed E-state index contributed by atoms with van der Waals surface area (Å²) in [6.45, 7) is 11.1. The molecule has 0 aromatic rings. The molecule has 4 aliphatic carbocycles. The van der Waals surface area contributed by atoms with Crippen molar-refractivity contribution in [2.45, 2.75) is 117 Å². The highest BCUT2D eigenvalue weighted by molar-refractivity contribution is 7.67. The van der Waals surface area contributed by atoms with Crippen LogP contribution < -0.4 is 0 Å². The van der Waals surface area contributed by atoms with Crippen molar-refractivity contribution in [2.24, 2.45) is 40.4 Å². The van der Waals surface area contributed by atoms with Gasteiger partial charge >= 0.3 is 0 Å². The van der Waals surface area contributed by atoms with Gasteiger partial charge in [-0.3, -0.25) is 8.37 Å². The van der Waals surface area contributed by atoms with Gasteiger partial charge in [0.2, 0.25) is 0 Å². The summed E-state index contributed by atoms with van der Waals surface area (Å²) in [6, 6.07) is 0. The summed E-state index contributed by atoms with van der Waals surface area (Å²) < 4.78 is 54.5. The molecule has 8 heteroatoms. The Kier molecular flexibility index (Phi) is 8.18. The van der Waals surface area contributed by atoms with E-state index >= 15 is 0 Å². The van der Waals surface area contributed by atoms with E-state index < -0.39 is 27.6 Å². The molecule has 0 unspecified atom stereocenters. The van der Waals surface area contributed by atoms with Crippen LogP contribution >= 0.6 is 0 Å². The van der Waals surface area contributed by atoms with Crippen molar-refractivity contribution >= 4 is 22.0 Å². The van der Waals surface area contributed by atoms with E-state index in [2.05, 4.69) is 26.8 Å². The van der Waals surface area contributed by atoms with Crippen molar-refractivity contribution in [3.8, 4) is 0 Å². The van der Waals surface area contributed by atoms with E-state index in [4.69, 9.17) is 8.37 Å². The van der Waals surface area contributed by atoms with Crippen LogP contribution in [0.1, 0.15) is 105 Å². The quantitative estimate of drug-likeness (QED) is 0.298. The third kappa shape index (κ3) is 5.56. The summed E-state index contributed by atoms with van der Waals surface area (Å²) in [5.41, 5.74) is 1.40. The lowest BCUT2D eigenvalue weighted by atomic mass is 9.47. The predicted octanol–water partition coefficient (Wildman–Crippen LogP) is 5.61. The van der Waals surface area contributed by atoms with Crippen LogP contribution in [0.2, 0.25) is 0 Å². The van der Waals surface area contributed by atoms with Gasteiger partial charge in [0, 0.05) is 0 Å². The average Bonchev–Trinajstić information content (AvgIpc) is 3.10. The van der Waals surface area contributed by atoms with Crippen molar-refractivity contribution in [2.75, 3.05) is 0 Å². The molecular formula is C27H46O6S2. The maximum atomic E-state index is 11.1. The lowest BCUT2D eigenvalue weighted by Gasteiger charge is -2.58. The van der Waals surface area contributed by atoms with Crippen molar-refractivity contribution in [3.05, 3.63) is 11.6 Å². The van der Waals surface area contributed by atoms with Crippen LogP contribution in [0.15, 0.2) is 11.6 Å². The Balaban J connectivity index is 1.41. The molecule has 202 valence electrons. The smallest absolute Gasteiger partial charge is 0.257 e. The fourth-order valence-corrected chi connectivity index (χ4v) is 10.0. The van der Waals surface area contributed by atoms with Gasteiger partial charge in [0.1, 0.15) is 0 Å². The third-order valence-corrected chi connectivity index (χ3v) is 11.9. The first-order chi connectivity index (χ1) is 16.4. The molecule has 3 fully saturated rings. The van der Waals surface area contributed by atoms with Crippen LogP contribution in [-0.2, 0) is 30.3 Å². The molecule has 0 radical (unpaired) electrons. The molecule has 0 aliphatic heterocycles. The maximum Gasteiger partial charge on any atom is 0.257 e. The highest BCUT2D eigenvalue weighted by atomic mass is 32.2. The standard InChI is InChI=1S/C27H46O6S2/c1-18(7-6-14-25(2,3)33-35(30)31)22-10-11-23-21-9-8-19-17-20(32-34(28)29)12-15-26(19,4)24(21)13-16-27(22,23)5/h8,18,20-24,34-35H,6-7,9-17H2,1-5H3/t18-,20-,21-,22+,23-,24-,26-,27+/m0/s1. The molecule has 35 heavy (non-hydrogen) atoms. The molecule has 0 saturated heterocycles. The Hall–Kier alpha value is -0.440. The van der Waals surface area contributed by atoms with Crippen molar-refractivity contribution < 1.29 is 25.2 Å². The summed E-state index contributed by atoms with van der Waals surface area (Å²) in [5, 5.41) is 0. The van der Waals surface area contributed by atoms with Crippen molar-refractivity contribution in [1.82, 2.24) is 0 Å². The molecule has 8 atom stereocenters. The van der Waals surface area contributed by atoms with Gasteiger partial charge < -0.3 is 0 Å². The van der Waals surface area contributed by atoms with Crippen molar-refractivity contribution in [3.63, 3.8) is 0 Å². The zero-order valence-corrected chi connectivity index (χ0v) is 24.0. The van der Waals surface area contributed by atoms with Gasteiger partial charge in [0.15, 0.2) is 0 Å². The molecule has 3 saturated carbocycles. The van der Waals surface area contributed by atoms with E-state index in [0.29, 0.717) is 17.3 Å². The number of allylic oxidation sites excluding steroid dienone is 1. The summed E-state index contributed by atoms with van der Waals surface area (Å²) in [4.78, 5) is 0. The van der Waals surface area contributed by atoms with Gasteiger partial charge in [0.05, 0.1) is 11.7 Å². The summed E-state index contributed by atoms with van der Waals surface area (Å²) in [5.74, 6) is 3.55. The topological polar surface area (TPSA) is 86.7 Å². The average molecular weight is 531 g/mol. The first kappa shape index (κ1) is 27.6. The van der Waals surface area contributed by atoms with Gasteiger partial charge in [-0.15, -0.1) is 0 Å². The predicted molar refractivity (Wildman–Crippen MR) is 139 cm³/mol. The van der Waals surface area contributed by atoms with E-state index in [9.17, 15) is 16.8 Å². The molecule has 4 rings (SSSR count).